The number of nitrogens with zero attached hydrogens (tertiary/aromatic N) is 1. The molecule has 0 radical (unpaired) electrons. The molecule has 0 saturated carbocycles. The van der Waals surface area contributed by atoms with Crippen LogP contribution in [0.4, 0.5) is 14.5 Å². The molecule has 0 bridgehead atoms. The second-order valence-corrected chi connectivity index (χ2v) is 8.39. The summed E-state index contributed by atoms with van der Waals surface area (Å²) in [6.45, 7) is -0.696. The van der Waals surface area contributed by atoms with Gasteiger partial charge in [0.15, 0.2) is 0 Å². The van der Waals surface area contributed by atoms with Crippen LogP contribution in [0.2, 0.25) is 0 Å². The normalized spacial score (nSPS) is 11.4. The van der Waals surface area contributed by atoms with Gasteiger partial charge in [0.05, 0.1) is 17.7 Å². The lowest BCUT2D eigenvalue weighted by Gasteiger charge is -2.10. The van der Waals surface area contributed by atoms with Crippen LogP contribution in [0.15, 0.2) is 82.8 Å². The van der Waals surface area contributed by atoms with Crippen molar-refractivity contribution in [2.75, 3.05) is 11.3 Å². The molecule has 0 fully saturated rings. The lowest BCUT2D eigenvalue weighted by Crippen LogP contribution is -2.18. The third kappa shape index (κ3) is 6.75. The van der Waals surface area contributed by atoms with Gasteiger partial charge in [0.25, 0.3) is 15.9 Å². The summed E-state index contributed by atoms with van der Waals surface area (Å²) in [4.78, 5) is 12.3. The molecule has 11 heteroatoms. The van der Waals surface area contributed by atoms with E-state index in [9.17, 15) is 22.0 Å². The Kier molecular flexibility index (Phi) is 8.14. The number of carbonyl (C=O) groups excluding carboxylic acids is 1. The molecule has 0 atom stereocenters. The Bertz CT molecular complexity index is 1250. The number of hydrazone groups is 1. The van der Waals surface area contributed by atoms with Crippen LogP contribution in [0.25, 0.3) is 0 Å². The predicted octanol–water partition coefficient (Wildman–Crippen LogP) is 4.25. The molecular formula is C23H21F2N3O5S. The van der Waals surface area contributed by atoms with E-state index in [1.165, 1.54) is 60.8 Å². The predicted molar refractivity (Wildman–Crippen MR) is 123 cm³/mol. The molecule has 0 unspecified atom stereocenters. The number of amides is 1. The van der Waals surface area contributed by atoms with Crippen molar-refractivity contribution < 1.29 is 31.5 Å². The zero-order valence-electron chi connectivity index (χ0n) is 17.9. The molecule has 0 aliphatic carbocycles. The molecule has 2 N–H and O–H groups in total. The molecule has 3 rings (SSSR count). The molecule has 0 saturated heterocycles. The first kappa shape index (κ1) is 24.6. The van der Waals surface area contributed by atoms with Crippen LogP contribution >= 0.6 is 0 Å². The highest BCUT2D eigenvalue weighted by atomic mass is 32.2. The summed E-state index contributed by atoms with van der Waals surface area (Å²) < 4.78 is 62.2. The second-order valence-electron chi connectivity index (χ2n) is 6.70. The van der Waals surface area contributed by atoms with Gasteiger partial charge in [-0.1, -0.05) is 12.1 Å². The van der Waals surface area contributed by atoms with Crippen LogP contribution in [-0.2, 0) is 10.0 Å². The molecule has 3 aromatic carbocycles. The van der Waals surface area contributed by atoms with E-state index in [2.05, 4.69) is 20.0 Å². The zero-order valence-corrected chi connectivity index (χ0v) is 18.8. The minimum atomic E-state index is -3.83. The fourth-order valence-electron chi connectivity index (χ4n) is 2.80. The third-order valence-corrected chi connectivity index (χ3v) is 5.75. The first-order valence-corrected chi connectivity index (χ1v) is 11.5. The van der Waals surface area contributed by atoms with Gasteiger partial charge in [-0.25, -0.2) is 13.8 Å². The van der Waals surface area contributed by atoms with Crippen molar-refractivity contribution in [3.05, 3.63) is 83.9 Å². The maximum absolute atomic E-state index is 12.6. The fourth-order valence-corrected chi connectivity index (χ4v) is 3.86. The van der Waals surface area contributed by atoms with Crippen LogP contribution in [-0.4, -0.2) is 33.8 Å². The molecule has 0 heterocycles. The van der Waals surface area contributed by atoms with E-state index in [-0.39, 0.29) is 27.5 Å². The Morgan fingerprint density at radius 2 is 1.71 bits per heavy atom. The maximum Gasteiger partial charge on any atom is 0.387 e. The first-order chi connectivity index (χ1) is 16.3. The van der Waals surface area contributed by atoms with Crippen LogP contribution in [0.3, 0.4) is 0 Å². The Labute approximate surface area is 195 Å². The number of hydrogen-bond donors (Lipinski definition) is 2. The van der Waals surface area contributed by atoms with Crippen molar-refractivity contribution >= 4 is 27.8 Å². The fraction of sp³-hybridized carbons (Fsp3) is 0.130. The van der Waals surface area contributed by atoms with E-state index in [1.54, 1.807) is 18.2 Å². The van der Waals surface area contributed by atoms with Gasteiger partial charge in [0.1, 0.15) is 11.5 Å². The smallest absolute Gasteiger partial charge is 0.387 e. The van der Waals surface area contributed by atoms with E-state index in [0.29, 0.717) is 12.4 Å². The number of anilines is 1. The quantitative estimate of drug-likeness (QED) is 0.327. The van der Waals surface area contributed by atoms with E-state index < -0.39 is 22.5 Å². The summed E-state index contributed by atoms with van der Waals surface area (Å²) in [7, 11) is -3.83. The number of sulfonamides is 1. The van der Waals surface area contributed by atoms with E-state index >= 15 is 0 Å². The molecular weight excluding hydrogens is 468 g/mol. The number of hydrogen-bond acceptors (Lipinski definition) is 6. The molecule has 34 heavy (non-hydrogen) atoms. The number of alkyl halides is 2. The Morgan fingerprint density at radius 3 is 2.35 bits per heavy atom. The molecule has 0 aliphatic heterocycles. The lowest BCUT2D eigenvalue weighted by atomic mass is 10.2. The Morgan fingerprint density at radius 1 is 1.03 bits per heavy atom. The number of ether oxygens (including phenoxy) is 2. The van der Waals surface area contributed by atoms with E-state index in [4.69, 9.17) is 4.74 Å². The van der Waals surface area contributed by atoms with Crippen LogP contribution in [0.1, 0.15) is 22.8 Å². The largest absolute Gasteiger partial charge is 0.494 e. The van der Waals surface area contributed by atoms with Gasteiger partial charge in [-0.2, -0.15) is 13.9 Å². The Hall–Kier alpha value is -3.99. The van der Waals surface area contributed by atoms with Gasteiger partial charge >= 0.3 is 6.61 Å². The molecule has 0 aromatic heterocycles. The standard InChI is InChI=1S/C23H21F2N3O5S/c1-2-32-19-11-13-20(14-12-19)34(30,31)28-18-9-7-16(8-10-18)22(29)27-26-15-17-5-3-4-6-21(17)33-23(24)25/h3-15,23,28H,2H2,1H3,(H,27,29)/b26-15+. The molecule has 1 amide bonds. The summed E-state index contributed by atoms with van der Waals surface area (Å²) in [5.41, 5.74) is 2.99. The number of para-hydroxylation sites is 1. The number of halogens is 2. The Balaban J connectivity index is 1.62. The summed E-state index contributed by atoms with van der Waals surface area (Å²) in [5, 5.41) is 3.76. The third-order valence-electron chi connectivity index (χ3n) is 4.35. The summed E-state index contributed by atoms with van der Waals surface area (Å²) in [6, 6.07) is 17.6. The molecule has 3 aromatic rings. The maximum atomic E-state index is 12.6. The van der Waals surface area contributed by atoms with Crippen molar-refractivity contribution in [3.63, 3.8) is 0 Å². The average Bonchev–Trinajstić information content (AvgIpc) is 2.80. The summed E-state index contributed by atoms with van der Waals surface area (Å²) in [5.74, 6) is -0.103. The van der Waals surface area contributed by atoms with Gasteiger partial charge in [-0.15, -0.1) is 0 Å². The molecule has 8 nitrogen and oxygen atoms in total. The van der Waals surface area contributed by atoms with Crippen molar-refractivity contribution in [3.8, 4) is 11.5 Å². The molecule has 0 spiro atoms. The van der Waals surface area contributed by atoms with Gasteiger partial charge in [-0.3, -0.25) is 9.52 Å². The number of carbonyl (C=O) groups is 1. The van der Waals surface area contributed by atoms with Crippen LogP contribution < -0.4 is 19.6 Å². The monoisotopic (exact) mass is 489 g/mol. The highest BCUT2D eigenvalue weighted by Crippen LogP contribution is 2.20. The molecule has 178 valence electrons. The number of benzene rings is 3. The zero-order chi connectivity index (χ0) is 24.6. The highest BCUT2D eigenvalue weighted by molar-refractivity contribution is 7.92. The van der Waals surface area contributed by atoms with Crippen molar-refractivity contribution in [2.45, 2.75) is 18.4 Å². The summed E-state index contributed by atoms with van der Waals surface area (Å²) >= 11 is 0. The van der Waals surface area contributed by atoms with Gasteiger partial charge in [-0.05, 0) is 67.6 Å². The SMILES string of the molecule is CCOc1ccc(S(=O)(=O)Nc2ccc(C(=O)N/N=C/c3ccccc3OC(F)F)cc2)cc1. The van der Waals surface area contributed by atoms with E-state index in [0.717, 1.165) is 0 Å². The van der Waals surface area contributed by atoms with Crippen molar-refractivity contribution in [1.29, 1.82) is 0 Å². The lowest BCUT2D eigenvalue weighted by molar-refractivity contribution is -0.0499. The van der Waals surface area contributed by atoms with Gasteiger partial charge in [0, 0.05) is 16.8 Å². The topological polar surface area (TPSA) is 106 Å². The first-order valence-electron chi connectivity index (χ1n) is 10.0. The molecule has 0 aliphatic rings. The van der Waals surface area contributed by atoms with Crippen LogP contribution in [0.5, 0.6) is 11.5 Å². The van der Waals surface area contributed by atoms with Crippen molar-refractivity contribution in [2.24, 2.45) is 5.10 Å². The van der Waals surface area contributed by atoms with E-state index in [1.807, 2.05) is 6.92 Å². The van der Waals surface area contributed by atoms with Crippen molar-refractivity contribution in [1.82, 2.24) is 5.43 Å². The average molecular weight is 490 g/mol. The highest BCUT2D eigenvalue weighted by Gasteiger charge is 2.15. The summed E-state index contributed by atoms with van der Waals surface area (Å²) in [6.07, 6.45) is 1.18. The van der Waals surface area contributed by atoms with Crippen LogP contribution in [0, 0.1) is 0 Å². The second kappa shape index (κ2) is 11.2. The number of nitrogens with one attached hydrogen (secondary N) is 2. The van der Waals surface area contributed by atoms with Gasteiger partial charge in [0.2, 0.25) is 0 Å². The minimum absolute atomic E-state index is 0.0585. The number of rotatable bonds is 10. The minimum Gasteiger partial charge on any atom is -0.494 e. The van der Waals surface area contributed by atoms with Gasteiger partial charge < -0.3 is 9.47 Å².